The zero-order chi connectivity index (χ0) is 16.2. The summed E-state index contributed by atoms with van der Waals surface area (Å²) in [4.78, 5) is 9.82. The lowest BCUT2D eigenvalue weighted by Crippen LogP contribution is -2.33. The second kappa shape index (κ2) is 6.90. The van der Waals surface area contributed by atoms with Crippen LogP contribution in [0.4, 0.5) is 13.2 Å². The first-order valence-corrected chi connectivity index (χ1v) is 7.55. The first kappa shape index (κ1) is 17.4. The molecule has 1 aromatic carbocycles. The highest BCUT2D eigenvalue weighted by molar-refractivity contribution is 7.89. The predicted molar refractivity (Wildman–Crippen MR) is 67.5 cm³/mol. The van der Waals surface area contributed by atoms with Crippen LogP contribution in [-0.2, 0) is 14.8 Å². The van der Waals surface area contributed by atoms with Crippen LogP contribution in [0.5, 0.6) is 0 Å². The van der Waals surface area contributed by atoms with Crippen LogP contribution in [0.1, 0.15) is 19.8 Å². The molecule has 0 aliphatic carbocycles. The van der Waals surface area contributed by atoms with Crippen molar-refractivity contribution in [1.82, 2.24) is 4.72 Å². The lowest BCUT2D eigenvalue weighted by atomic mass is 10.1. The van der Waals surface area contributed by atoms with Gasteiger partial charge in [-0.2, -0.15) is 0 Å². The second-order valence-corrected chi connectivity index (χ2v) is 6.08. The fourth-order valence-corrected chi connectivity index (χ4v) is 2.81. The van der Waals surface area contributed by atoms with Crippen molar-refractivity contribution in [3.8, 4) is 0 Å². The summed E-state index contributed by atoms with van der Waals surface area (Å²) < 4.78 is 64.8. The van der Waals surface area contributed by atoms with Crippen LogP contribution in [0, 0.1) is 23.4 Å². The zero-order valence-corrected chi connectivity index (χ0v) is 11.9. The molecule has 0 saturated heterocycles. The summed E-state index contributed by atoms with van der Waals surface area (Å²) in [6.45, 7) is 1.25. The average molecular weight is 325 g/mol. The van der Waals surface area contributed by atoms with Gasteiger partial charge in [-0.25, -0.2) is 26.3 Å². The normalized spacial score (nSPS) is 13.1. The molecule has 0 aromatic heterocycles. The van der Waals surface area contributed by atoms with Crippen molar-refractivity contribution in [2.45, 2.75) is 24.7 Å². The van der Waals surface area contributed by atoms with Gasteiger partial charge in [-0.15, -0.1) is 0 Å². The monoisotopic (exact) mass is 325 g/mol. The summed E-state index contributed by atoms with van der Waals surface area (Å²) in [5.74, 6) is -7.45. The average Bonchev–Trinajstić information content (AvgIpc) is 2.40. The van der Waals surface area contributed by atoms with E-state index in [1.165, 1.54) is 0 Å². The van der Waals surface area contributed by atoms with E-state index in [1.807, 2.05) is 4.72 Å². The lowest BCUT2D eigenvalue weighted by Gasteiger charge is -2.13. The zero-order valence-electron chi connectivity index (χ0n) is 11.1. The Bertz CT molecular complexity index is 634. The molecule has 0 heterocycles. The molecule has 0 fully saturated rings. The fraction of sp³-hybridized carbons (Fsp3) is 0.417. The molecular weight excluding hydrogens is 311 g/mol. The third kappa shape index (κ3) is 4.18. The van der Waals surface area contributed by atoms with E-state index in [0.29, 0.717) is 18.6 Å². The molecule has 1 aromatic rings. The van der Waals surface area contributed by atoms with Crippen LogP contribution in [0.2, 0.25) is 0 Å². The number of carboxylic acid groups (broad SMARTS) is 1. The van der Waals surface area contributed by atoms with E-state index in [0.717, 1.165) is 0 Å². The molecule has 2 N–H and O–H groups in total. The van der Waals surface area contributed by atoms with Gasteiger partial charge in [0.1, 0.15) is 4.90 Å². The number of hydrogen-bond acceptors (Lipinski definition) is 3. The summed E-state index contributed by atoms with van der Waals surface area (Å²) in [7, 11) is -4.47. The number of rotatable bonds is 7. The SMILES string of the molecule is CCCC(CNS(=O)(=O)c1ccc(F)c(F)c1F)C(=O)O. The number of hydrogen-bond donors (Lipinski definition) is 2. The predicted octanol–water partition coefficient (Wildman–Crippen LogP) is 1.88. The van der Waals surface area contributed by atoms with Gasteiger partial charge in [0.2, 0.25) is 10.0 Å². The standard InChI is InChI=1S/C12H14F3NO4S/c1-2-3-7(12(17)18)6-16-21(19,20)9-5-4-8(13)10(14)11(9)15/h4-5,7,16H,2-3,6H2,1H3,(H,17,18). The van der Waals surface area contributed by atoms with Crippen molar-refractivity contribution in [3.05, 3.63) is 29.6 Å². The van der Waals surface area contributed by atoms with Crippen molar-refractivity contribution in [2.24, 2.45) is 5.92 Å². The van der Waals surface area contributed by atoms with E-state index < -0.39 is 50.8 Å². The molecule has 21 heavy (non-hydrogen) atoms. The van der Waals surface area contributed by atoms with Crippen molar-refractivity contribution in [3.63, 3.8) is 0 Å². The highest BCUT2D eigenvalue weighted by atomic mass is 32.2. The molecule has 0 saturated carbocycles. The van der Waals surface area contributed by atoms with Gasteiger partial charge in [-0.1, -0.05) is 13.3 Å². The highest BCUT2D eigenvalue weighted by Gasteiger charge is 2.26. The largest absolute Gasteiger partial charge is 0.481 e. The maximum absolute atomic E-state index is 13.4. The van der Waals surface area contributed by atoms with E-state index in [1.54, 1.807) is 6.92 Å². The Hall–Kier alpha value is -1.61. The maximum Gasteiger partial charge on any atom is 0.307 e. The second-order valence-electron chi connectivity index (χ2n) is 4.35. The Morgan fingerprint density at radius 3 is 2.43 bits per heavy atom. The Balaban J connectivity index is 2.97. The Kier molecular flexibility index (Phi) is 5.73. The molecule has 0 amide bonds. The summed E-state index contributed by atoms with van der Waals surface area (Å²) in [5.41, 5.74) is 0. The molecule has 0 bridgehead atoms. The number of carbonyl (C=O) groups is 1. The number of benzene rings is 1. The van der Waals surface area contributed by atoms with Crippen LogP contribution >= 0.6 is 0 Å². The number of nitrogens with one attached hydrogen (secondary N) is 1. The highest BCUT2D eigenvalue weighted by Crippen LogP contribution is 2.19. The number of halogens is 3. The van der Waals surface area contributed by atoms with Crippen molar-refractivity contribution < 1.29 is 31.5 Å². The molecule has 0 aliphatic rings. The van der Waals surface area contributed by atoms with Crippen LogP contribution in [0.25, 0.3) is 0 Å². The van der Waals surface area contributed by atoms with E-state index >= 15 is 0 Å². The molecule has 1 rings (SSSR count). The minimum absolute atomic E-state index is 0.220. The van der Waals surface area contributed by atoms with E-state index in [4.69, 9.17) is 5.11 Å². The Labute approximate surface area is 119 Å². The minimum atomic E-state index is -4.47. The molecule has 0 spiro atoms. The van der Waals surface area contributed by atoms with E-state index in [9.17, 15) is 26.4 Å². The smallest absolute Gasteiger partial charge is 0.307 e. The van der Waals surface area contributed by atoms with Gasteiger partial charge in [0.05, 0.1) is 5.92 Å². The topological polar surface area (TPSA) is 83.5 Å². The molecular formula is C12H14F3NO4S. The van der Waals surface area contributed by atoms with Gasteiger partial charge in [0, 0.05) is 6.54 Å². The van der Waals surface area contributed by atoms with Gasteiger partial charge in [-0.3, -0.25) is 4.79 Å². The molecule has 1 atom stereocenters. The van der Waals surface area contributed by atoms with Crippen molar-refractivity contribution in [2.75, 3.05) is 6.54 Å². The van der Waals surface area contributed by atoms with Gasteiger partial charge < -0.3 is 5.11 Å². The van der Waals surface area contributed by atoms with Crippen LogP contribution < -0.4 is 4.72 Å². The molecule has 0 radical (unpaired) electrons. The first-order chi connectivity index (χ1) is 9.70. The van der Waals surface area contributed by atoms with E-state index in [2.05, 4.69) is 0 Å². The third-order valence-corrected chi connectivity index (χ3v) is 4.24. The molecule has 5 nitrogen and oxygen atoms in total. The van der Waals surface area contributed by atoms with Crippen molar-refractivity contribution in [1.29, 1.82) is 0 Å². The summed E-state index contributed by atoms with van der Waals surface area (Å²) in [5, 5.41) is 8.89. The third-order valence-electron chi connectivity index (χ3n) is 2.80. The fourth-order valence-electron chi connectivity index (χ4n) is 1.67. The quantitative estimate of drug-likeness (QED) is 0.750. The first-order valence-electron chi connectivity index (χ1n) is 6.06. The maximum atomic E-state index is 13.4. The van der Waals surface area contributed by atoms with Crippen molar-refractivity contribution >= 4 is 16.0 Å². The summed E-state index contributed by atoms with van der Waals surface area (Å²) >= 11 is 0. The summed E-state index contributed by atoms with van der Waals surface area (Å²) in [6, 6.07) is 1.05. The minimum Gasteiger partial charge on any atom is -0.481 e. The van der Waals surface area contributed by atoms with Gasteiger partial charge in [0.25, 0.3) is 0 Å². The molecule has 9 heteroatoms. The number of carboxylic acids is 1. The Morgan fingerprint density at radius 1 is 1.29 bits per heavy atom. The van der Waals surface area contributed by atoms with Gasteiger partial charge >= 0.3 is 5.97 Å². The lowest BCUT2D eigenvalue weighted by molar-refractivity contribution is -0.141. The van der Waals surface area contributed by atoms with Gasteiger partial charge in [0.15, 0.2) is 17.5 Å². The van der Waals surface area contributed by atoms with Crippen LogP contribution in [-0.4, -0.2) is 26.0 Å². The van der Waals surface area contributed by atoms with E-state index in [-0.39, 0.29) is 6.42 Å². The van der Waals surface area contributed by atoms with Crippen LogP contribution in [0.15, 0.2) is 17.0 Å². The molecule has 0 aliphatic heterocycles. The van der Waals surface area contributed by atoms with Gasteiger partial charge in [-0.05, 0) is 18.6 Å². The molecule has 118 valence electrons. The molecule has 1 unspecified atom stereocenters. The summed E-state index contributed by atoms with van der Waals surface area (Å²) in [6.07, 6.45) is 0.732. The number of sulfonamides is 1. The van der Waals surface area contributed by atoms with Crippen LogP contribution in [0.3, 0.4) is 0 Å². The number of aliphatic carboxylic acids is 1. The Morgan fingerprint density at radius 2 is 1.90 bits per heavy atom.